The summed E-state index contributed by atoms with van der Waals surface area (Å²) in [4.78, 5) is 0. The van der Waals surface area contributed by atoms with E-state index in [-0.39, 0.29) is 0 Å². The summed E-state index contributed by atoms with van der Waals surface area (Å²) in [6, 6.07) is 7.77. The third-order valence-electron chi connectivity index (χ3n) is 1.86. The Bertz CT molecular complexity index is 292. The first-order valence-electron chi connectivity index (χ1n) is 4.84. The van der Waals surface area contributed by atoms with Gasteiger partial charge in [-0.3, -0.25) is 0 Å². The van der Waals surface area contributed by atoms with Gasteiger partial charge in [-0.1, -0.05) is 24.3 Å². The molecule has 0 aliphatic rings. The molecule has 0 aliphatic heterocycles. The number of aliphatic hydroxyl groups is 1. The van der Waals surface area contributed by atoms with Crippen LogP contribution in [0.5, 0.6) is 5.75 Å². The van der Waals surface area contributed by atoms with E-state index in [1.54, 1.807) is 0 Å². The Labute approximate surface area is 90.0 Å². The summed E-state index contributed by atoms with van der Waals surface area (Å²) >= 11 is 0. The average Bonchev–Trinajstić information content (AvgIpc) is 2.26. The van der Waals surface area contributed by atoms with Crippen LogP contribution in [0, 0.1) is 6.92 Å². The van der Waals surface area contributed by atoms with Crippen LogP contribution in [0.1, 0.15) is 5.56 Å². The van der Waals surface area contributed by atoms with Crippen molar-refractivity contribution >= 4 is 0 Å². The number of aliphatic hydroxyl groups excluding tert-OH is 1. The third kappa shape index (κ3) is 4.63. The van der Waals surface area contributed by atoms with E-state index < -0.39 is 6.29 Å². The Morgan fingerprint density at radius 3 is 2.60 bits per heavy atom. The van der Waals surface area contributed by atoms with Crippen LogP contribution in [0.4, 0.5) is 0 Å². The quantitative estimate of drug-likeness (QED) is 0.441. The van der Waals surface area contributed by atoms with Gasteiger partial charge in [0.05, 0.1) is 6.61 Å². The molecule has 0 amide bonds. The van der Waals surface area contributed by atoms with Crippen molar-refractivity contribution in [3.63, 3.8) is 0 Å². The molecule has 3 heteroatoms. The topological polar surface area (TPSA) is 38.7 Å². The third-order valence-corrected chi connectivity index (χ3v) is 1.86. The molecule has 0 spiro atoms. The molecule has 1 rings (SSSR count). The van der Waals surface area contributed by atoms with E-state index in [0.717, 1.165) is 5.75 Å². The lowest BCUT2D eigenvalue weighted by atomic mass is 10.2. The van der Waals surface area contributed by atoms with Crippen LogP contribution in [-0.2, 0) is 4.74 Å². The molecule has 0 aromatic heterocycles. The molecule has 1 N–H and O–H groups in total. The summed E-state index contributed by atoms with van der Waals surface area (Å²) in [5.74, 6) is 0.803. The van der Waals surface area contributed by atoms with E-state index in [4.69, 9.17) is 14.6 Å². The summed E-state index contributed by atoms with van der Waals surface area (Å²) in [5, 5.41) is 9.00. The summed E-state index contributed by atoms with van der Waals surface area (Å²) in [5.41, 5.74) is 1.20. The first kappa shape index (κ1) is 11.8. The maximum Gasteiger partial charge on any atom is 0.173 e. The SMILES string of the molecule is C=CC(O)OCCOc1ccc(C)cc1. The van der Waals surface area contributed by atoms with Crippen molar-refractivity contribution in [1.29, 1.82) is 0 Å². The van der Waals surface area contributed by atoms with Gasteiger partial charge in [-0.15, -0.1) is 0 Å². The maximum absolute atomic E-state index is 9.00. The van der Waals surface area contributed by atoms with Crippen molar-refractivity contribution in [1.82, 2.24) is 0 Å². The van der Waals surface area contributed by atoms with Crippen LogP contribution in [0.15, 0.2) is 36.9 Å². The number of aryl methyl sites for hydroxylation is 1. The van der Waals surface area contributed by atoms with Gasteiger partial charge in [-0.2, -0.15) is 0 Å². The van der Waals surface area contributed by atoms with Crippen LogP contribution in [-0.4, -0.2) is 24.6 Å². The molecule has 3 nitrogen and oxygen atoms in total. The van der Waals surface area contributed by atoms with Gasteiger partial charge < -0.3 is 14.6 Å². The standard InChI is InChI=1S/C12H16O3/c1-3-12(13)15-9-8-14-11-6-4-10(2)5-7-11/h3-7,12-13H,1,8-9H2,2H3. The fraction of sp³-hybridized carbons (Fsp3) is 0.333. The van der Waals surface area contributed by atoms with Gasteiger partial charge in [0, 0.05) is 0 Å². The highest BCUT2D eigenvalue weighted by molar-refractivity contribution is 5.26. The van der Waals surface area contributed by atoms with Crippen LogP contribution < -0.4 is 4.74 Å². The molecule has 0 bridgehead atoms. The molecule has 0 radical (unpaired) electrons. The zero-order valence-corrected chi connectivity index (χ0v) is 8.85. The highest BCUT2D eigenvalue weighted by Gasteiger charge is 1.97. The first-order valence-corrected chi connectivity index (χ1v) is 4.84. The molecule has 0 saturated carbocycles. The Morgan fingerprint density at radius 2 is 2.00 bits per heavy atom. The predicted octanol–water partition coefficient (Wildman–Crippen LogP) is 1.89. The van der Waals surface area contributed by atoms with E-state index >= 15 is 0 Å². The molecule has 82 valence electrons. The van der Waals surface area contributed by atoms with Crippen molar-refractivity contribution in [2.75, 3.05) is 13.2 Å². The number of rotatable bonds is 6. The average molecular weight is 208 g/mol. The summed E-state index contributed by atoms with van der Waals surface area (Å²) in [6.07, 6.45) is 0.415. The molecule has 15 heavy (non-hydrogen) atoms. The van der Waals surface area contributed by atoms with Crippen molar-refractivity contribution in [3.8, 4) is 5.75 Å². The van der Waals surface area contributed by atoms with Gasteiger partial charge in [0.2, 0.25) is 0 Å². The Kier molecular flexibility index (Phi) is 4.87. The van der Waals surface area contributed by atoms with Gasteiger partial charge in [0.25, 0.3) is 0 Å². The van der Waals surface area contributed by atoms with Crippen molar-refractivity contribution < 1.29 is 14.6 Å². The Morgan fingerprint density at radius 1 is 1.33 bits per heavy atom. The van der Waals surface area contributed by atoms with Gasteiger partial charge in [-0.25, -0.2) is 0 Å². The van der Waals surface area contributed by atoms with Crippen molar-refractivity contribution in [2.24, 2.45) is 0 Å². The number of hydrogen-bond acceptors (Lipinski definition) is 3. The number of ether oxygens (including phenoxy) is 2. The molecule has 0 fully saturated rings. The lowest BCUT2D eigenvalue weighted by molar-refractivity contribution is -0.0711. The maximum atomic E-state index is 9.00. The summed E-state index contributed by atoms with van der Waals surface area (Å²) in [7, 11) is 0. The normalized spacial score (nSPS) is 12.1. The van der Waals surface area contributed by atoms with Gasteiger partial charge in [0.1, 0.15) is 12.4 Å². The second kappa shape index (κ2) is 6.22. The molecule has 0 aliphatic carbocycles. The minimum absolute atomic E-state index is 0.334. The minimum atomic E-state index is -0.911. The van der Waals surface area contributed by atoms with Gasteiger partial charge in [-0.05, 0) is 25.1 Å². The molecule has 1 aromatic rings. The highest BCUT2D eigenvalue weighted by Crippen LogP contribution is 2.10. The zero-order chi connectivity index (χ0) is 11.1. The number of benzene rings is 1. The Hall–Kier alpha value is -1.32. The monoisotopic (exact) mass is 208 g/mol. The van der Waals surface area contributed by atoms with Gasteiger partial charge >= 0.3 is 0 Å². The van der Waals surface area contributed by atoms with Crippen molar-refractivity contribution in [3.05, 3.63) is 42.5 Å². The fourth-order valence-electron chi connectivity index (χ4n) is 1.03. The van der Waals surface area contributed by atoms with Crippen LogP contribution >= 0.6 is 0 Å². The van der Waals surface area contributed by atoms with E-state index in [9.17, 15) is 0 Å². The zero-order valence-electron chi connectivity index (χ0n) is 8.85. The summed E-state index contributed by atoms with van der Waals surface area (Å²) in [6.45, 7) is 6.16. The molecular formula is C12H16O3. The van der Waals surface area contributed by atoms with Crippen LogP contribution in [0.2, 0.25) is 0 Å². The summed E-state index contributed by atoms with van der Waals surface area (Å²) < 4.78 is 10.3. The minimum Gasteiger partial charge on any atom is -0.491 e. The van der Waals surface area contributed by atoms with Gasteiger partial charge in [0.15, 0.2) is 6.29 Å². The highest BCUT2D eigenvalue weighted by atomic mass is 16.6. The Balaban J connectivity index is 2.20. The molecule has 1 atom stereocenters. The first-order chi connectivity index (χ1) is 7.22. The molecule has 0 heterocycles. The van der Waals surface area contributed by atoms with Crippen molar-refractivity contribution in [2.45, 2.75) is 13.2 Å². The van der Waals surface area contributed by atoms with Crippen LogP contribution in [0.3, 0.4) is 0 Å². The largest absolute Gasteiger partial charge is 0.491 e. The predicted molar refractivity (Wildman–Crippen MR) is 58.8 cm³/mol. The molecular weight excluding hydrogens is 192 g/mol. The van der Waals surface area contributed by atoms with E-state index in [0.29, 0.717) is 13.2 Å². The second-order valence-electron chi connectivity index (χ2n) is 3.16. The van der Waals surface area contributed by atoms with E-state index in [1.165, 1.54) is 11.6 Å². The lowest BCUT2D eigenvalue weighted by Crippen LogP contribution is -2.14. The molecule has 0 saturated heterocycles. The van der Waals surface area contributed by atoms with Crippen LogP contribution in [0.25, 0.3) is 0 Å². The molecule has 1 unspecified atom stereocenters. The second-order valence-corrected chi connectivity index (χ2v) is 3.16. The number of hydrogen-bond donors (Lipinski definition) is 1. The fourth-order valence-corrected chi connectivity index (χ4v) is 1.03. The smallest absolute Gasteiger partial charge is 0.173 e. The lowest BCUT2D eigenvalue weighted by Gasteiger charge is -2.09. The van der Waals surface area contributed by atoms with E-state index in [1.807, 2.05) is 31.2 Å². The molecule has 1 aromatic carbocycles. The van der Waals surface area contributed by atoms with E-state index in [2.05, 4.69) is 6.58 Å².